The highest BCUT2D eigenvalue weighted by Gasteiger charge is 2.49. The number of hydrogen-bond donors (Lipinski definition) is 0. The molecule has 3 heterocycles. The molecule has 55 heavy (non-hydrogen) atoms. The molecule has 1 aliphatic heterocycles. The van der Waals surface area contributed by atoms with E-state index in [0.29, 0.717) is 0 Å². The molecule has 0 saturated heterocycles. The Balaban J connectivity index is 1.20. The Morgan fingerprint density at radius 1 is 0.345 bits per heavy atom. The highest BCUT2D eigenvalue weighted by Crippen LogP contribution is 2.44. The first kappa shape index (κ1) is 30.5. The number of fused-ring (bicyclic) bond motifs is 11. The summed E-state index contributed by atoms with van der Waals surface area (Å²) in [6, 6.07) is 77.0. The van der Waals surface area contributed by atoms with Crippen LogP contribution in [0.4, 0.5) is 0 Å². The molecule has 0 N–H and O–H groups in total. The lowest BCUT2D eigenvalue weighted by atomic mass is 10.0. The van der Waals surface area contributed by atoms with Gasteiger partial charge in [0.2, 0.25) is 0 Å². The summed E-state index contributed by atoms with van der Waals surface area (Å²) in [6.07, 6.45) is 0. The Labute approximate surface area is 319 Å². The zero-order valence-corrected chi connectivity index (χ0v) is 31.0. The van der Waals surface area contributed by atoms with Gasteiger partial charge in [-0.1, -0.05) is 164 Å². The second-order valence-electron chi connectivity index (χ2n) is 14.8. The Morgan fingerprint density at radius 3 is 1.60 bits per heavy atom. The van der Waals surface area contributed by atoms with Crippen LogP contribution < -0.4 is 20.7 Å². The molecule has 256 valence electrons. The summed E-state index contributed by atoms with van der Waals surface area (Å²) < 4.78 is 5.02. The molecular formula is C52H34N2Si. The van der Waals surface area contributed by atoms with Crippen LogP contribution in [0.2, 0.25) is 0 Å². The topological polar surface area (TPSA) is 9.86 Å². The number of nitrogens with zero attached hydrogens (tertiary/aromatic N) is 2. The van der Waals surface area contributed by atoms with Gasteiger partial charge < -0.3 is 9.13 Å². The highest BCUT2D eigenvalue weighted by atomic mass is 28.3. The van der Waals surface area contributed by atoms with E-state index in [1.54, 1.807) is 0 Å². The van der Waals surface area contributed by atoms with Crippen LogP contribution in [-0.2, 0) is 0 Å². The van der Waals surface area contributed by atoms with Crippen LogP contribution >= 0.6 is 0 Å². The van der Waals surface area contributed by atoms with Crippen LogP contribution in [0.25, 0.3) is 76.9 Å². The maximum atomic E-state index is 2.56. The molecule has 0 bridgehead atoms. The van der Waals surface area contributed by atoms with Gasteiger partial charge in [-0.2, -0.15) is 0 Å². The first-order chi connectivity index (χ1) is 27.3. The van der Waals surface area contributed by atoms with Crippen molar-refractivity contribution in [1.29, 1.82) is 0 Å². The fraction of sp³-hybridized carbons (Fsp3) is 0. The fourth-order valence-electron chi connectivity index (χ4n) is 10.0. The van der Waals surface area contributed by atoms with E-state index < -0.39 is 8.07 Å². The fourth-order valence-corrected chi connectivity index (χ4v) is 15.2. The zero-order valence-electron chi connectivity index (χ0n) is 30.0. The smallest absolute Gasteiger partial charge is 0.180 e. The number of hydrogen-bond acceptors (Lipinski definition) is 0. The first-order valence-corrected chi connectivity index (χ1v) is 21.1. The van der Waals surface area contributed by atoms with E-state index in [-0.39, 0.29) is 0 Å². The molecule has 1 aliphatic rings. The van der Waals surface area contributed by atoms with Crippen LogP contribution in [0.5, 0.6) is 0 Å². The summed E-state index contributed by atoms with van der Waals surface area (Å²) in [6.45, 7) is 0. The van der Waals surface area contributed by atoms with Crippen molar-refractivity contribution in [3.63, 3.8) is 0 Å². The average molecular weight is 715 g/mol. The summed E-state index contributed by atoms with van der Waals surface area (Å²) in [5.74, 6) is 0. The molecule has 0 spiro atoms. The normalized spacial score (nSPS) is 13.2. The maximum Gasteiger partial charge on any atom is 0.180 e. The maximum absolute atomic E-state index is 2.66. The Hall–Kier alpha value is -6.94. The Morgan fingerprint density at radius 2 is 0.891 bits per heavy atom. The van der Waals surface area contributed by atoms with Gasteiger partial charge in [0.15, 0.2) is 8.07 Å². The predicted octanol–water partition coefficient (Wildman–Crippen LogP) is 10.4. The second kappa shape index (κ2) is 11.5. The van der Waals surface area contributed by atoms with Crippen LogP contribution in [0.15, 0.2) is 206 Å². The zero-order chi connectivity index (χ0) is 36.1. The van der Waals surface area contributed by atoms with Crippen molar-refractivity contribution in [1.82, 2.24) is 9.13 Å². The number of aromatic nitrogens is 2. The van der Waals surface area contributed by atoms with E-state index >= 15 is 0 Å². The molecule has 11 aromatic rings. The quantitative estimate of drug-likeness (QED) is 0.161. The second-order valence-corrected chi connectivity index (χ2v) is 18.5. The third-order valence-corrected chi connectivity index (χ3v) is 17.0. The molecule has 0 atom stereocenters. The molecule has 12 rings (SSSR count). The van der Waals surface area contributed by atoms with E-state index in [0.717, 1.165) is 0 Å². The first-order valence-electron chi connectivity index (χ1n) is 19.1. The third kappa shape index (κ3) is 4.08. The van der Waals surface area contributed by atoms with Crippen LogP contribution in [0.3, 0.4) is 0 Å². The van der Waals surface area contributed by atoms with Crippen molar-refractivity contribution < 1.29 is 0 Å². The van der Waals surface area contributed by atoms with E-state index in [4.69, 9.17) is 0 Å². The van der Waals surface area contributed by atoms with Crippen molar-refractivity contribution in [2.75, 3.05) is 0 Å². The number of benzene rings is 9. The van der Waals surface area contributed by atoms with Gasteiger partial charge in [-0.05, 0) is 79.5 Å². The number of para-hydroxylation sites is 2. The molecule has 0 aliphatic carbocycles. The molecule has 3 heteroatoms. The van der Waals surface area contributed by atoms with E-state index in [1.165, 1.54) is 97.6 Å². The Bertz CT molecular complexity index is 3280. The Kier molecular flexibility index (Phi) is 6.39. The van der Waals surface area contributed by atoms with Gasteiger partial charge >= 0.3 is 0 Å². The molecule has 2 aromatic heterocycles. The average Bonchev–Trinajstić information content (AvgIpc) is 3.88. The molecule has 0 unspecified atom stereocenters. The lowest BCUT2D eigenvalue weighted by Crippen LogP contribution is -2.72. The van der Waals surface area contributed by atoms with Gasteiger partial charge in [0.25, 0.3) is 0 Å². The van der Waals surface area contributed by atoms with E-state index in [9.17, 15) is 0 Å². The van der Waals surface area contributed by atoms with E-state index in [1.807, 2.05) is 0 Å². The van der Waals surface area contributed by atoms with E-state index in [2.05, 4.69) is 215 Å². The molecule has 0 saturated carbocycles. The van der Waals surface area contributed by atoms with Gasteiger partial charge in [0, 0.05) is 32.8 Å². The van der Waals surface area contributed by atoms with Crippen molar-refractivity contribution >= 4 is 83.2 Å². The van der Waals surface area contributed by atoms with Crippen LogP contribution in [-0.4, -0.2) is 17.2 Å². The minimum absolute atomic E-state index is 1.17. The summed E-state index contributed by atoms with van der Waals surface area (Å²) in [5, 5.41) is 13.3. The lowest BCUT2D eigenvalue weighted by Gasteiger charge is -2.31. The number of rotatable bonds is 4. The summed E-state index contributed by atoms with van der Waals surface area (Å²) in [7, 11) is -2.66. The largest absolute Gasteiger partial charge is 0.309 e. The summed E-state index contributed by atoms with van der Waals surface area (Å²) in [4.78, 5) is 0. The van der Waals surface area contributed by atoms with Crippen molar-refractivity contribution in [2.24, 2.45) is 0 Å². The summed E-state index contributed by atoms with van der Waals surface area (Å²) >= 11 is 0. The molecule has 0 radical (unpaired) electrons. The molecule has 2 nitrogen and oxygen atoms in total. The van der Waals surface area contributed by atoms with Gasteiger partial charge in [-0.25, -0.2) is 0 Å². The van der Waals surface area contributed by atoms with Gasteiger partial charge in [-0.3, -0.25) is 0 Å². The molecular weight excluding hydrogens is 681 g/mol. The molecule has 9 aromatic carbocycles. The van der Waals surface area contributed by atoms with Gasteiger partial charge in [0.05, 0.1) is 27.8 Å². The van der Waals surface area contributed by atoms with Crippen molar-refractivity contribution in [2.45, 2.75) is 0 Å². The highest BCUT2D eigenvalue weighted by molar-refractivity contribution is 7.22. The van der Waals surface area contributed by atoms with Crippen LogP contribution in [0.1, 0.15) is 0 Å². The predicted molar refractivity (Wildman–Crippen MR) is 235 cm³/mol. The summed E-state index contributed by atoms with van der Waals surface area (Å²) in [5.41, 5.74) is 9.97. The monoisotopic (exact) mass is 714 g/mol. The minimum Gasteiger partial charge on any atom is -0.309 e. The van der Waals surface area contributed by atoms with Crippen LogP contribution in [0, 0.1) is 0 Å². The SMILES string of the molecule is c1ccc([Si]2(c3ccccc3)c3ccccc3-c3c(-n4c5ccccc5c5c6c7ccccc7n(-c7ccc8ccccc8c7)c6ccc54)cccc32)cc1. The lowest BCUT2D eigenvalue weighted by molar-refractivity contribution is 1.18. The van der Waals surface area contributed by atoms with Gasteiger partial charge in [-0.15, -0.1) is 0 Å². The molecule has 0 amide bonds. The minimum atomic E-state index is -2.66. The van der Waals surface area contributed by atoms with Gasteiger partial charge in [0.1, 0.15) is 0 Å². The third-order valence-electron chi connectivity index (χ3n) is 12.2. The van der Waals surface area contributed by atoms with Crippen molar-refractivity contribution in [3.8, 4) is 22.5 Å². The standard InChI is InChI=1S/C52H34N2Si/c1-3-18-38(19-4-1)55(39-20-5-2-6-21-39)48-28-14-11-24-42(48)50-45(27-15-29-49(50)55)54-44-26-13-10-23-41(44)52-47(54)33-32-46-51(52)40-22-9-12-25-43(40)53(46)37-31-30-35-16-7-8-17-36(35)34-37/h1-34H. The molecule has 0 fully saturated rings. The van der Waals surface area contributed by atoms with Crippen molar-refractivity contribution in [3.05, 3.63) is 206 Å².